The van der Waals surface area contributed by atoms with E-state index in [4.69, 9.17) is 5.73 Å². The predicted molar refractivity (Wildman–Crippen MR) is 71.9 cm³/mol. The number of hydrogen-bond acceptors (Lipinski definition) is 3. The van der Waals surface area contributed by atoms with Crippen molar-refractivity contribution in [3.63, 3.8) is 0 Å². The second-order valence-electron chi connectivity index (χ2n) is 4.25. The van der Waals surface area contributed by atoms with E-state index >= 15 is 0 Å². The Morgan fingerprint density at radius 2 is 1.88 bits per heavy atom. The van der Waals surface area contributed by atoms with Crippen LogP contribution in [0.15, 0.2) is 36.7 Å². The van der Waals surface area contributed by atoms with E-state index in [0.717, 1.165) is 23.5 Å². The highest BCUT2D eigenvalue weighted by Crippen LogP contribution is 2.24. The number of aromatic nitrogens is 1. The molecule has 0 unspecified atom stereocenters. The number of nitrogens with two attached hydrogens (primary N) is 1. The van der Waals surface area contributed by atoms with E-state index in [9.17, 15) is 0 Å². The summed E-state index contributed by atoms with van der Waals surface area (Å²) in [6.45, 7) is 4.86. The molecule has 0 bridgehead atoms. The van der Waals surface area contributed by atoms with Crippen molar-refractivity contribution in [2.45, 2.75) is 20.4 Å². The van der Waals surface area contributed by atoms with Crippen molar-refractivity contribution >= 4 is 11.4 Å². The summed E-state index contributed by atoms with van der Waals surface area (Å²) in [7, 11) is 0. The van der Waals surface area contributed by atoms with Gasteiger partial charge in [0.15, 0.2) is 0 Å². The van der Waals surface area contributed by atoms with Crippen molar-refractivity contribution < 1.29 is 0 Å². The number of pyridine rings is 1. The van der Waals surface area contributed by atoms with Gasteiger partial charge in [-0.25, -0.2) is 0 Å². The van der Waals surface area contributed by atoms with Gasteiger partial charge < -0.3 is 11.1 Å². The second kappa shape index (κ2) is 4.87. The minimum atomic E-state index is 0.760. The summed E-state index contributed by atoms with van der Waals surface area (Å²) in [5.41, 5.74) is 11.4. The van der Waals surface area contributed by atoms with Gasteiger partial charge in [-0.1, -0.05) is 6.07 Å². The average Bonchev–Trinajstić information content (AvgIpc) is 2.33. The molecule has 0 aliphatic rings. The van der Waals surface area contributed by atoms with E-state index in [-0.39, 0.29) is 0 Å². The van der Waals surface area contributed by atoms with E-state index < -0.39 is 0 Å². The Morgan fingerprint density at radius 1 is 1.18 bits per heavy atom. The molecule has 0 fully saturated rings. The maximum Gasteiger partial charge on any atom is 0.0581 e. The first-order chi connectivity index (χ1) is 8.16. The molecule has 17 heavy (non-hydrogen) atoms. The third-order valence-electron chi connectivity index (χ3n) is 2.76. The zero-order chi connectivity index (χ0) is 12.3. The molecule has 0 spiro atoms. The smallest absolute Gasteiger partial charge is 0.0581 e. The lowest BCUT2D eigenvalue weighted by Gasteiger charge is -2.12. The molecule has 2 rings (SSSR count). The summed E-state index contributed by atoms with van der Waals surface area (Å²) in [4.78, 5) is 3.99. The van der Waals surface area contributed by atoms with E-state index in [0.29, 0.717) is 0 Å². The van der Waals surface area contributed by atoms with Crippen LogP contribution >= 0.6 is 0 Å². The third-order valence-corrected chi connectivity index (χ3v) is 2.76. The van der Waals surface area contributed by atoms with E-state index in [2.05, 4.69) is 29.4 Å². The molecule has 88 valence electrons. The predicted octanol–water partition coefficient (Wildman–Crippen LogP) is 2.89. The number of nitrogens with one attached hydrogen (secondary N) is 1. The van der Waals surface area contributed by atoms with Crippen LogP contribution in [0.25, 0.3) is 0 Å². The van der Waals surface area contributed by atoms with E-state index in [1.54, 1.807) is 12.4 Å². The summed E-state index contributed by atoms with van der Waals surface area (Å²) in [6, 6.07) is 8.15. The van der Waals surface area contributed by atoms with Crippen molar-refractivity contribution in [1.82, 2.24) is 4.98 Å². The largest absolute Gasteiger partial charge is 0.397 e. The molecule has 3 nitrogen and oxygen atoms in total. The summed E-state index contributed by atoms with van der Waals surface area (Å²) < 4.78 is 0. The Labute approximate surface area is 102 Å². The molecule has 0 radical (unpaired) electrons. The van der Waals surface area contributed by atoms with Crippen LogP contribution in [0.3, 0.4) is 0 Å². The number of aryl methyl sites for hydroxylation is 2. The van der Waals surface area contributed by atoms with Gasteiger partial charge in [-0.2, -0.15) is 0 Å². The Bertz CT molecular complexity index is 506. The lowest BCUT2D eigenvalue weighted by Crippen LogP contribution is -2.04. The number of anilines is 2. The standard InChI is InChI=1S/C14H17N3/c1-10-7-11(2)14(15)13(8-10)17-9-12-3-5-16-6-4-12/h3-8,17H,9,15H2,1-2H3. The van der Waals surface area contributed by atoms with Crippen LogP contribution in [0.5, 0.6) is 0 Å². The molecule has 0 saturated heterocycles. The Morgan fingerprint density at radius 3 is 2.59 bits per heavy atom. The van der Waals surface area contributed by atoms with Gasteiger partial charge in [0, 0.05) is 18.9 Å². The number of nitrogen functional groups attached to an aromatic ring is 1. The normalized spacial score (nSPS) is 10.2. The maximum atomic E-state index is 6.04. The Balaban J connectivity index is 2.14. The van der Waals surface area contributed by atoms with Crippen molar-refractivity contribution in [1.29, 1.82) is 0 Å². The van der Waals surface area contributed by atoms with Gasteiger partial charge in [0.2, 0.25) is 0 Å². The first-order valence-electron chi connectivity index (χ1n) is 5.66. The van der Waals surface area contributed by atoms with Crippen LogP contribution in [-0.2, 0) is 6.54 Å². The number of nitrogens with zero attached hydrogens (tertiary/aromatic N) is 1. The maximum absolute atomic E-state index is 6.04. The molecule has 1 aromatic heterocycles. The fourth-order valence-electron chi connectivity index (χ4n) is 1.82. The zero-order valence-electron chi connectivity index (χ0n) is 10.2. The minimum absolute atomic E-state index is 0.760. The van der Waals surface area contributed by atoms with E-state index in [1.165, 1.54) is 11.1 Å². The zero-order valence-corrected chi connectivity index (χ0v) is 10.2. The highest BCUT2D eigenvalue weighted by Gasteiger charge is 2.03. The molecule has 0 atom stereocenters. The lowest BCUT2D eigenvalue weighted by molar-refractivity contribution is 1.12. The molecule has 2 aromatic rings. The van der Waals surface area contributed by atoms with Crippen molar-refractivity contribution in [2.24, 2.45) is 0 Å². The van der Waals surface area contributed by atoms with Gasteiger partial charge in [0.05, 0.1) is 11.4 Å². The van der Waals surface area contributed by atoms with Crippen LogP contribution in [0.1, 0.15) is 16.7 Å². The molecule has 0 amide bonds. The topological polar surface area (TPSA) is 50.9 Å². The minimum Gasteiger partial charge on any atom is -0.397 e. The summed E-state index contributed by atoms with van der Waals surface area (Å²) in [5.74, 6) is 0. The molecule has 0 aliphatic heterocycles. The van der Waals surface area contributed by atoms with Gasteiger partial charge in [0.25, 0.3) is 0 Å². The first-order valence-corrected chi connectivity index (χ1v) is 5.66. The van der Waals surface area contributed by atoms with Gasteiger partial charge in [-0.3, -0.25) is 4.98 Å². The van der Waals surface area contributed by atoms with Crippen LogP contribution in [0.4, 0.5) is 11.4 Å². The van der Waals surface area contributed by atoms with Gasteiger partial charge >= 0.3 is 0 Å². The van der Waals surface area contributed by atoms with Gasteiger partial charge in [0.1, 0.15) is 0 Å². The highest BCUT2D eigenvalue weighted by atomic mass is 14.9. The van der Waals surface area contributed by atoms with Crippen molar-refractivity contribution in [3.05, 3.63) is 53.3 Å². The number of benzene rings is 1. The molecule has 3 heteroatoms. The Hall–Kier alpha value is -2.03. The first kappa shape index (κ1) is 11.5. The quantitative estimate of drug-likeness (QED) is 0.793. The van der Waals surface area contributed by atoms with Crippen molar-refractivity contribution in [2.75, 3.05) is 11.1 Å². The molecule has 1 heterocycles. The van der Waals surface area contributed by atoms with Crippen LogP contribution in [0, 0.1) is 13.8 Å². The van der Waals surface area contributed by atoms with Crippen molar-refractivity contribution in [3.8, 4) is 0 Å². The fourth-order valence-corrected chi connectivity index (χ4v) is 1.82. The monoisotopic (exact) mass is 227 g/mol. The van der Waals surface area contributed by atoms with Crippen LogP contribution in [-0.4, -0.2) is 4.98 Å². The van der Waals surface area contributed by atoms with E-state index in [1.807, 2.05) is 19.1 Å². The SMILES string of the molecule is Cc1cc(C)c(N)c(NCc2ccncc2)c1. The molecular formula is C14H17N3. The summed E-state index contributed by atoms with van der Waals surface area (Å²) in [5, 5.41) is 3.36. The Kier molecular flexibility index (Phi) is 3.28. The summed E-state index contributed by atoms with van der Waals surface area (Å²) >= 11 is 0. The second-order valence-corrected chi connectivity index (χ2v) is 4.25. The molecule has 0 aliphatic carbocycles. The molecule has 0 saturated carbocycles. The van der Waals surface area contributed by atoms with Gasteiger partial charge in [-0.15, -0.1) is 0 Å². The molecular weight excluding hydrogens is 210 g/mol. The van der Waals surface area contributed by atoms with Crippen LogP contribution < -0.4 is 11.1 Å². The van der Waals surface area contributed by atoms with Crippen LogP contribution in [0.2, 0.25) is 0 Å². The third kappa shape index (κ3) is 2.75. The molecule has 1 aromatic carbocycles. The lowest BCUT2D eigenvalue weighted by atomic mass is 10.1. The highest BCUT2D eigenvalue weighted by molar-refractivity contribution is 5.70. The molecule has 3 N–H and O–H groups in total. The number of rotatable bonds is 3. The number of hydrogen-bond donors (Lipinski definition) is 2. The summed E-state index contributed by atoms with van der Waals surface area (Å²) in [6.07, 6.45) is 3.59. The average molecular weight is 227 g/mol. The van der Waals surface area contributed by atoms with Gasteiger partial charge in [-0.05, 0) is 48.7 Å². The fraction of sp³-hybridized carbons (Fsp3) is 0.214.